The lowest BCUT2D eigenvalue weighted by atomic mass is 10.0. The Kier molecular flexibility index (Phi) is 7.50. The van der Waals surface area contributed by atoms with Gasteiger partial charge >= 0.3 is 5.97 Å². The van der Waals surface area contributed by atoms with Crippen molar-refractivity contribution in [2.45, 2.75) is 17.4 Å². The van der Waals surface area contributed by atoms with Gasteiger partial charge in [-0.1, -0.05) is 84.9 Å². The smallest absolute Gasteiger partial charge is 0.322 e. The molecule has 1 unspecified atom stereocenters. The number of carboxylic acids is 1. The predicted molar refractivity (Wildman–Crippen MR) is 165 cm³/mol. The lowest BCUT2D eigenvalue weighted by molar-refractivity contribution is -0.138. The lowest BCUT2D eigenvalue weighted by Crippen LogP contribution is -2.42. The topological polar surface area (TPSA) is 126 Å². The molecule has 43 heavy (non-hydrogen) atoms. The Balaban J connectivity index is 1.12. The first-order valence-electron chi connectivity index (χ1n) is 13.5. The fourth-order valence-corrected chi connectivity index (χ4v) is 6.08. The summed E-state index contributed by atoms with van der Waals surface area (Å²) in [5.41, 5.74) is 3.47. The molecule has 214 valence electrons. The number of furan rings is 1. The second-order valence-electron chi connectivity index (χ2n) is 10.1. The molecule has 0 saturated carbocycles. The van der Waals surface area contributed by atoms with Gasteiger partial charge in [-0.25, -0.2) is 8.42 Å². The standard InChI is InChI=1S/C34H26N2O6S/c37-33(32-21-27-7-3-4-8-31(27)42-32)35-28-15-11-24(12-16-28)25-13-17-29(18-14-25)43(40,41)36-30(34(38)39)20-22-9-10-23-5-1-2-6-26(23)19-22/h1-19,21,30,36H,20H2,(H,35,37)(H,38,39). The van der Waals surface area contributed by atoms with E-state index in [1.807, 2.05) is 54.6 Å². The van der Waals surface area contributed by atoms with Crippen LogP contribution in [-0.4, -0.2) is 31.4 Å². The Morgan fingerprint density at radius 2 is 1.35 bits per heavy atom. The first kappa shape index (κ1) is 27.9. The molecule has 0 radical (unpaired) electrons. The van der Waals surface area contributed by atoms with Gasteiger partial charge in [0, 0.05) is 11.1 Å². The van der Waals surface area contributed by atoms with E-state index in [1.165, 1.54) is 12.1 Å². The number of aliphatic carboxylic acids is 1. The Bertz CT molecular complexity index is 2030. The van der Waals surface area contributed by atoms with Gasteiger partial charge in [0.2, 0.25) is 10.0 Å². The summed E-state index contributed by atoms with van der Waals surface area (Å²) >= 11 is 0. The van der Waals surface area contributed by atoms with Crippen LogP contribution in [0, 0.1) is 0 Å². The van der Waals surface area contributed by atoms with Crippen molar-refractivity contribution in [1.29, 1.82) is 0 Å². The maximum absolute atomic E-state index is 13.1. The average molecular weight is 591 g/mol. The van der Waals surface area contributed by atoms with Gasteiger partial charge in [-0.3, -0.25) is 9.59 Å². The van der Waals surface area contributed by atoms with Crippen LogP contribution in [0.4, 0.5) is 5.69 Å². The van der Waals surface area contributed by atoms with Crippen LogP contribution < -0.4 is 10.0 Å². The summed E-state index contributed by atoms with van der Waals surface area (Å²) in [4.78, 5) is 24.6. The number of anilines is 1. The van der Waals surface area contributed by atoms with Crippen molar-refractivity contribution in [3.63, 3.8) is 0 Å². The Morgan fingerprint density at radius 3 is 2.02 bits per heavy atom. The zero-order chi connectivity index (χ0) is 30.0. The highest BCUT2D eigenvalue weighted by Crippen LogP contribution is 2.25. The number of amides is 1. The summed E-state index contributed by atoms with van der Waals surface area (Å²) in [6.45, 7) is 0. The number of nitrogens with one attached hydrogen (secondary N) is 2. The monoisotopic (exact) mass is 590 g/mol. The molecule has 9 heteroatoms. The molecule has 1 amide bonds. The molecular formula is C34H26N2O6S. The number of sulfonamides is 1. The van der Waals surface area contributed by atoms with Gasteiger partial charge in [-0.15, -0.1) is 0 Å². The Labute approximate surface area is 247 Å². The number of fused-ring (bicyclic) bond motifs is 2. The molecule has 0 saturated heterocycles. The van der Waals surface area contributed by atoms with Crippen molar-refractivity contribution in [1.82, 2.24) is 4.72 Å². The highest BCUT2D eigenvalue weighted by atomic mass is 32.2. The maximum Gasteiger partial charge on any atom is 0.322 e. The van der Waals surface area contributed by atoms with Gasteiger partial charge in [0.25, 0.3) is 5.91 Å². The van der Waals surface area contributed by atoms with Crippen molar-refractivity contribution in [2.24, 2.45) is 0 Å². The van der Waals surface area contributed by atoms with Crippen molar-refractivity contribution in [3.05, 3.63) is 133 Å². The molecule has 1 atom stereocenters. The van der Waals surface area contributed by atoms with E-state index in [9.17, 15) is 23.1 Å². The molecule has 0 bridgehead atoms. The van der Waals surface area contributed by atoms with Crippen molar-refractivity contribution < 1.29 is 27.5 Å². The zero-order valence-electron chi connectivity index (χ0n) is 22.7. The number of hydrogen-bond donors (Lipinski definition) is 3. The number of rotatable bonds is 9. The van der Waals surface area contributed by atoms with Crippen LogP contribution in [0.1, 0.15) is 16.1 Å². The van der Waals surface area contributed by atoms with Gasteiger partial charge in [-0.05, 0) is 70.3 Å². The third kappa shape index (κ3) is 6.18. The van der Waals surface area contributed by atoms with Gasteiger partial charge in [0.1, 0.15) is 11.6 Å². The summed E-state index contributed by atoms with van der Waals surface area (Å²) in [6, 6.07) is 34.2. The van der Waals surface area contributed by atoms with Crippen LogP contribution in [-0.2, 0) is 21.2 Å². The van der Waals surface area contributed by atoms with Crippen molar-refractivity contribution in [3.8, 4) is 11.1 Å². The van der Waals surface area contributed by atoms with Crippen LogP contribution in [0.2, 0.25) is 0 Å². The lowest BCUT2D eigenvalue weighted by Gasteiger charge is -2.16. The van der Waals surface area contributed by atoms with Gasteiger partial charge < -0.3 is 14.8 Å². The number of carboxylic acid groups (broad SMARTS) is 1. The molecule has 0 spiro atoms. The highest BCUT2D eigenvalue weighted by Gasteiger charge is 2.26. The van der Waals surface area contributed by atoms with Crippen molar-refractivity contribution in [2.75, 3.05) is 5.32 Å². The molecule has 0 aliphatic carbocycles. The van der Waals surface area contributed by atoms with E-state index in [0.29, 0.717) is 16.8 Å². The SMILES string of the molecule is O=C(Nc1ccc(-c2ccc(S(=O)(=O)NC(Cc3ccc4ccccc4c3)C(=O)O)cc2)cc1)c1cc2ccccc2o1. The molecule has 0 fully saturated rings. The number of carbonyl (C=O) groups is 2. The molecular weight excluding hydrogens is 564 g/mol. The first-order valence-corrected chi connectivity index (χ1v) is 15.0. The van der Waals surface area contributed by atoms with E-state index in [4.69, 9.17) is 4.42 Å². The van der Waals surface area contributed by atoms with Crippen LogP contribution >= 0.6 is 0 Å². The van der Waals surface area contributed by atoms with E-state index in [2.05, 4.69) is 10.0 Å². The maximum atomic E-state index is 13.1. The highest BCUT2D eigenvalue weighted by molar-refractivity contribution is 7.89. The van der Waals surface area contributed by atoms with E-state index < -0.39 is 22.0 Å². The minimum atomic E-state index is -4.11. The molecule has 1 aromatic heterocycles. The van der Waals surface area contributed by atoms with Crippen LogP contribution in [0.15, 0.2) is 131 Å². The number of benzene rings is 5. The minimum Gasteiger partial charge on any atom is -0.480 e. The van der Waals surface area contributed by atoms with E-state index in [1.54, 1.807) is 54.6 Å². The molecule has 1 heterocycles. The fraction of sp³-hybridized carbons (Fsp3) is 0.0588. The number of hydrogen-bond acceptors (Lipinski definition) is 5. The summed E-state index contributed by atoms with van der Waals surface area (Å²) in [7, 11) is -4.11. The molecule has 3 N–H and O–H groups in total. The minimum absolute atomic E-state index is 0.00326. The Morgan fingerprint density at radius 1 is 0.721 bits per heavy atom. The summed E-state index contributed by atoms with van der Waals surface area (Å²) in [5.74, 6) is -1.43. The molecule has 6 rings (SSSR count). The average Bonchev–Trinajstić information content (AvgIpc) is 3.46. The largest absolute Gasteiger partial charge is 0.480 e. The van der Waals surface area contributed by atoms with Crippen molar-refractivity contribution >= 4 is 49.3 Å². The van der Waals surface area contributed by atoms with Gasteiger partial charge in [0.15, 0.2) is 5.76 Å². The number of carbonyl (C=O) groups excluding carboxylic acids is 1. The summed E-state index contributed by atoms with van der Waals surface area (Å²) in [6.07, 6.45) is -0.00326. The van der Waals surface area contributed by atoms with E-state index in [-0.39, 0.29) is 23.0 Å². The third-order valence-electron chi connectivity index (χ3n) is 7.14. The van der Waals surface area contributed by atoms with E-state index >= 15 is 0 Å². The normalized spacial score (nSPS) is 12.3. The zero-order valence-corrected chi connectivity index (χ0v) is 23.5. The van der Waals surface area contributed by atoms with E-state index in [0.717, 1.165) is 27.3 Å². The Hall–Kier alpha value is -5.25. The third-order valence-corrected chi connectivity index (χ3v) is 8.63. The van der Waals surface area contributed by atoms with Crippen LogP contribution in [0.5, 0.6) is 0 Å². The summed E-state index contributed by atoms with van der Waals surface area (Å²) in [5, 5.41) is 15.4. The molecule has 6 aromatic rings. The summed E-state index contributed by atoms with van der Waals surface area (Å²) < 4.78 is 34.1. The second-order valence-corrected chi connectivity index (χ2v) is 11.8. The molecule has 5 aromatic carbocycles. The molecule has 8 nitrogen and oxygen atoms in total. The molecule has 0 aliphatic heterocycles. The van der Waals surface area contributed by atoms with Crippen LogP contribution in [0.25, 0.3) is 32.9 Å². The van der Waals surface area contributed by atoms with Crippen LogP contribution in [0.3, 0.4) is 0 Å². The first-order chi connectivity index (χ1) is 20.7. The number of para-hydroxylation sites is 1. The predicted octanol–water partition coefficient (Wildman–Crippen LogP) is 6.48. The van der Waals surface area contributed by atoms with Gasteiger partial charge in [-0.2, -0.15) is 4.72 Å². The second kappa shape index (κ2) is 11.6. The fourth-order valence-electron chi connectivity index (χ4n) is 4.90. The van der Waals surface area contributed by atoms with Gasteiger partial charge in [0.05, 0.1) is 4.90 Å². The quantitative estimate of drug-likeness (QED) is 0.177. The molecule has 0 aliphatic rings.